The third kappa shape index (κ3) is 5.77. The highest BCUT2D eigenvalue weighted by Crippen LogP contribution is 2.49. The fourth-order valence-corrected chi connectivity index (χ4v) is 6.83. The van der Waals surface area contributed by atoms with Crippen LogP contribution >= 0.6 is 23.1 Å². The summed E-state index contributed by atoms with van der Waals surface area (Å²) in [6, 6.07) is 13.9. The van der Waals surface area contributed by atoms with Crippen LogP contribution < -0.4 is 31.2 Å². The molecule has 1 atom stereocenters. The molecule has 0 bridgehead atoms. The number of ketones is 1. The molecule has 1 unspecified atom stereocenters. The molecule has 3 aromatic rings. The molecule has 14 heteroatoms. The van der Waals surface area contributed by atoms with E-state index in [9.17, 15) is 19.6 Å². The van der Waals surface area contributed by atoms with Crippen LogP contribution in [0.25, 0.3) is 0 Å². The molecule has 0 radical (unpaired) electrons. The predicted octanol–water partition coefficient (Wildman–Crippen LogP) is 3.69. The van der Waals surface area contributed by atoms with Crippen LogP contribution in [0, 0.1) is 11.3 Å². The van der Waals surface area contributed by atoms with E-state index in [-0.39, 0.29) is 34.4 Å². The van der Waals surface area contributed by atoms with Crippen LogP contribution in [0.3, 0.4) is 0 Å². The number of methoxy groups -OCH3 is 2. The number of amides is 2. The number of allylic oxidation sites excluding steroid dienone is 3. The Morgan fingerprint density at radius 2 is 1.98 bits per heavy atom. The maximum absolute atomic E-state index is 13.4. The summed E-state index contributed by atoms with van der Waals surface area (Å²) in [6.07, 6.45) is 1.49. The van der Waals surface area contributed by atoms with E-state index < -0.39 is 11.8 Å². The van der Waals surface area contributed by atoms with Gasteiger partial charge in [0.15, 0.2) is 10.1 Å². The second kappa shape index (κ2) is 12.6. The van der Waals surface area contributed by atoms with Crippen LogP contribution in [-0.4, -0.2) is 47.8 Å². The number of hydrogen-bond donors (Lipinski definition) is 3. The summed E-state index contributed by atoms with van der Waals surface area (Å²) in [5.74, 6) is -0.644. The minimum atomic E-state index is -0.723. The van der Waals surface area contributed by atoms with E-state index in [0.29, 0.717) is 62.8 Å². The highest BCUT2D eigenvalue weighted by molar-refractivity contribution is 8.01. The largest absolute Gasteiger partial charge is 0.497 e. The summed E-state index contributed by atoms with van der Waals surface area (Å²) in [4.78, 5) is 39.4. The summed E-state index contributed by atoms with van der Waals surface area (Å²) in [6.45, 7) is 0. The first-order valence-electron chi connectivity index (χ1n) is 13.1. The van der Waals surface area contributed by atoms with Gasteiger partial charge < -0.3 is 26.3 Å². The molecule has 43 heavy (non-hydrogen) atoms. The maximum atomic E-state index is 13.4. The fraction of sp³-hybridized carbons (Fsp3) is 0.241. The van der Waals surface area contributed by atoms with E-state index in [1.165, 1.54) is 24.5 Å². The van der Waals surface area contributed by atoms with E-state index in [2.05, 4.69) is 21.6 Å². The molecule has 0 saturated heterocycles. The number of nitriles is 1. The molecule has 2 aromatic carbocycles. The molecule has 1 aliphatic carbocycles. The van der Waals surface area contributed by atoms with Crippen LogP contribution in [0.2, 0.25) is 0 Å². The number of thioether (sulfide) groups is 1. The van der Waals surface area contributed by atoms with E-state index in [4.69, 9.17) is 20.9 Å². The molecule has 1 aliphatic heterocycles. The number of ether oxygens (including phenoxy) is 2. The number of nitrogens with one attached hydrogen (secondary N) is 1. The van der Waals surface area contributed by atoms with Gasteiger partial charge in [0.05, 0.1) is 48.8 Å². The third-order valence-corrected chi connectivity index (χ3v) is 9.09. The van der Waals surface area contributed by atoms with Crippen LogP contribution in [0.5, 0.6) is 11.5 Å². The van der Waals surface area contributed by atoms with Crippen molar-refractivity contribution in [2.45, 2.75) is 29.5 Å². The Kier molecular flexibility index (Phi) is 8.65. The summed E-state index contributed by atoms with van der Waals surface area (Å²) in [7, 11) is 3.06. The van der Waals surface area contributed by atoms with E-state index in [0.717, 1.165) is 11.8 Å². The summed E-state index contributed by atoms with van der Waals surface area (Å²) >= 11 is 2.33. The highest BCUT2D eigenvalue weighted by Gasteiger charge is 2.42. The molecule has 0 saturated carbocycles. The Bertz CT molecular complexity index is 1730. The zero-order valence-electron chi connectivity index (χ0n) is 23.2. The average Bonchev–Trinajstić information content (AvgIpc) is 3.48. The normalized spacial score (nSPS) is 16.4. The number of para-hydroxylation sites is 1. The Balaban J connectivity index is 1.44. The number of primary amides is 1. The molecule has 1 aromatic heterocycles. The Morgan fingerprint density at radius 3 is 2.70 bits per heavy atom. The average molecular weight is 618 g/mol. The number of nitrogens with zero attached hydrogens (tertiary/aromatic N) is 4. The predicted molar refractivity (Wildman–Crippen MR) is 162 cm³/mol. The zero-order chi connectivity index (χ0) is 30.7. The van der Waals surface area contributed by atoms with Crippen LogP contribution in [0.15, 0.2) is 69.5 Å². The smallest absolute Gasteiger partial charge is 0.250 e. The number of aromatic nitrogens is 2. The number of carbonyl (C=O) groups excluding carboxylic acids is 3. The zero-order valence-corrected chi connectivity index (χ0v) is 24.9. The number of nitrogens with two attached hydrogens (primary N) is 2. The maximum Gasteiger partial charge on any atom is 0.250 e. The van der Waals surface area contributed by atoms with Crippen molar-refractivity contribution in [2.75, 3.05) is 30.2 Å². The number of rotatable bonds is 9. The van der Waals surface area contributed by atoms with Crippen molar-refractivity contribution in [1.29, 1.82) is 5.26 Å². The van der Waals surface area contributed by atoms with Gasteiger partial charge in [0.25, 0.3) is 5.91 Å². The van der Waals surface area contributed by atoms with Gasteiger partial charge in [-0.15, -0.1) is 10.2 Å². The van der Waals surface area contributed by atoms with Crippen molar-refractivity contribution in [2.24, 2.45) is 11.5 Å². The molecule has 5 N–H and O–H groups in total. The standard InChI is InChI=1S/C29H27N7O5S2/c1-40-15-10-11-17(22(12-15)41-2)24-18(13-30)26(31)36(20-8-5-9-21(37)25(20)24)28-34-35-29(43-28)42-14-23(38)33-19-7-4-3-6-16(19)27(32)39/h3-4,6-7,10-12,24H,5,8-9,14,31H2,1-2H3,(H2,32,39)(H,33,38). The first-order valence-corrected chi connectivity index (χ1v) is 14.9. The SMILES string of the molecule is COc1ccc(C2C(C#N)=C(N)N(c3nnc(SCC(=O)Nc4ccccc4C(N)=O)s3)C3=C2C(=O)CCC3)c(OC)c1. The molecular weight excluding hydrogens is 590 g/mol. The molecule has 220 valence electrons. The van der Waals surface area contributed by atoms with E-state index in [1.54, 1.807) is 48.4 Å². The third-order valence-electron chi connectivity index (χ3n) is 7.05. The number of Topliss-reactive ketones (excluding diaryl/α,β-unsaturated/α-hetero) is 1. The lowest BCUT2D eigenvalue weighted by atomic mass is 9.75. The molecule has 12 nitrogen and oxygen atoms in total. The van der Waals surface area contributed by atoms with Crippen molar-refractivity contribution in [3.05, 3.63) is 76.3 Å². The molecule has 2 amide bonds. The summed E-state index contributed by atoms with van der Waals surface area (Å²) in [5.41, 5.74) is 14.5. The van der Waals surface area contributed by atoms with Gasteiger partial charge in [0.1, 0.15) is 17.3 Å². The van der Waals surface area contributed by atoms with Gasteiger partial charge in [0, 0.05) is 29.3 Å². The van der Waals surface area contributed by atoms with Gasteiger partial charge in [-0.3, -0.25) is 19.3 Å². The van der Waals surface area contributed by atoms with Crippen molar-refractivity contribution in [3.63, 3.8) is 0 Å². The van der Waals surface area contributed by atoms with Gasteiger partial charge in [-0.25, -0.2) is 0 Å². The molecule has 5 rings (SSSR count). The Morgan fingerprint density at radius 1 is 1.19 bits per heavy atom. The molecular formula is C29H27N7O5S2. The highest BCUT2D eigenvalue weighted by atomic mass is 32.2. The Hall–Kier alpha value is -4.87. The second-order valence-electron chi connectivity index (χ2n) is 9.52. The minimum Gasteiger partial charge on any atom is -0.497 e. The van der Waals surface area contributed by atoms with Crippen molar-refractivity contribution < 1.29 is 23.9 Å². The van der Waals surface area contributed by atoms with Gasteiger partial charge >= 0.3 is 0 Å². The second-order valence-corrected chi connectivity index (χ2v) is 11.7. The van der Waals surface area contributed by atoms with Crippen LogP contribution in [0.4, 0.5) is 10.8 Å². The minimum absolute atomic E-state index is 0.0116. The lowest BCUT2D eigenvalue weighted by Crippen LogP contribution is -2.38. The van der Waals surface area contributed by atoms with E-state index >= 15 is 0 Å². The molecule has 0 fully saturated rings. The fourth-order valence-electron chi connectivity index (χ4n) is 5.14. The number of hydrogen-bond acceptors (Lipinski definition) is 12. The molecule has 0 spiro atoms. The van der Waals surface area contributed by atoms with Crippen molar-refractivity contribution >= 4 is 51.5 Å². The van der Waals surface area contributed by atoms with Gasteiger partial charge in [-0.1, -0.05) is 41.3 Å². The number of anilines is 2. The quantitative estimate of drug-likeness (QED) is 0.297. The number of carbonyl (C=O) groups is 3. The first-order chi connectivity index (χ1) is 20.8. The summed E-state index contributed by atoms with van der Waals surface area (Å²) in [5, 5.41) is 21.9. The van der Waals surface area contributed by atoms with Crippen molar-refractivity contribution in [1.82, 2.24) is 10.2 Å². The lowest BCUT2D eigenvalue weighted by molar-refractivity contribution is -0.116. The van der Waals surface area contributed by atoms with Gasteiger partial charge in [-0.05, 0) is 31.0 Å². The van der Waals surface area contributed by atoms with Crippen LogP contribution in [0.1, 0.15) is 41.1 Å². The lowest BCUT2D eigenvalue weighted by Gasteiger charge is -2.38. The van der Waals surface area contributed by atoms with Gasteiger partial charge in [0.2, 0.25) is 11.0 Å². The van der Waals surface area contributed by atoms with Gasteiger partial charge in [-0.2, -0.15) is 5.26 Å². The monoisotopic (exact) mass is 617 g/mol. The molecule has 2 aliphatic rings. The van der Waals surface area contributed by atoms with Crippen molar-refractivity contribution in [3.8, 4) is 17.6 Å². The Labute approximate surface area is 255 Å². The van der Waals surface area contributed by atoms with Crippen LogP contribution in [-0.2, 0) is 9.59 Å². The number of benzene rings is 2. The summed E-state index contributed by atoms with van der Waals surface area (Å²) < 4.78 is 11.4. The first kappa shape index (κ1) is 29.6. The molecule has 2 heterocycles. The topological polar surface area (TPSA) is 187 Å². The van der Waals surface area contributed by atoms with E-state index in [1.807, 2.05) is 0 Å².